The van der Waals surface area contributed by atoms with Gasteiger partial charge in [-0.15, -0.1) is 0 Å². The number of hydrogen-bond acceptors (Lipinski definition) is 4. The zero-order valence-corrected chi connectivity index (χ0v) is 13.3. The highest BCUT2D eigenvalue weighted by Crippen LogP contribution is 2.12. The third-order valence-electron chi connectivity index (χ3n) is 2.76. The summed E-state index contributed by atoms with van der Waals surface area (Å²) in [5.41, 5.74) is 0.401. The second kappa shape index (κ2) is 8.51. The third-order valence-corrected chi connectivity index (χ3v) is 2.76. The van der Waals surface area contributed by atoms with E-state index in [0.29, 0.717) is 6.42 Å². The van der Waals surface area contributed by atoms with Gasteiger partial charge in [-0.05, 0) is 32.8 Å². The van der Waals surface area contributed by atoms with Crippen LogP contribution in [0.25, 0.3) is 0 Å². The van der Waals surface area contributed by atoms with Gasteiger partial charge >= 0.3 is 11.9 Å². The summed E-state index contributed by atoms with van der Waals surface area (Å²) < 4.78 is 23.6. The van der Waals surface area contributed by atoms with Gasteiger partial charge in [0.15, 0.2) is 6.17 Å². The highest BCUT2D eigenvalue weighted by Gasteiger charge is 2.22. The van der Waals surface area contributed by atoms with Crippen LogP contribution in [0.3, 0.4) is 0 Å². The van der Waals surface area contributed by atoms with Crippen molar-refractivity contribution in [2.75, 3.05) is 6.61 Å². The molecule has 0 saturated carbocycles. The normalized spacial score (nSPS) is 12.5. The van der Waals surface area contributed by atoms with Crippen LogP contribution < -0.4 is 0 Å². The molecule has 0 aromatic heterocycles. The van der Waals surface area contributed by atoms with Gasteiger partial charge in [0.2, 0.25) is 0 Å². The first kappa shape index (κ1) is 18.1. The standard InChI is InChI=1S/C17H23FO4/c1-17(2,3)22-15(19)10-9-14(18)16(20)21-12-11-13-7-5-4-6-8-13/h4-8,14H,9-12H2,1-3H3/t14-/m1/s1. The number of alkyl halides is 1. The van der Waals surface area contributed by atoms with Crippen LogP contribution in [0.4, 0.5) is 4.39 Å². The molecule has 0 spiro atoms. The van der Waals surface area contributed by atoms with Crippen molar-refractivity contribution in [1.82, 2.24) is 0 Å². The summed E-state index contributed by atoms with van der Waals surface area (Å²) in [7, 11) is 0. The number of rotatable bonds is 7. The Balaban J connectivity index is 2.23. The number of hydrogen-bond donors (Lipinski definition) is 0. The number of carbonyl (C=O) groups is 2. The molecule has 1 atom stereocenters. The van der Waals surface area contributed by atoms with Gasteiger partial charge in [-0.1, -0.05) is 30.3 Å². The molecule has 22 heavy (non-hydrogen) atoms. The van der Waals surface area contributed by atoms with Crippen molar-refractivity contribution in [3.8, 4) is 0 Å². The molecule has 0 N–H and O–H groups in total. The molecule has 0 aliphatic heterocycles. The maximum Gasteiger partial charge on any atom is 0.340 e. The van der Waals surface area contributed by atoms with E-state index in [2.05, 4.69) is 0 Å². The van der Waals surface area contributed by atoms with Gasteiger partial charge in [-0.25, -0.2) is 9.18 Å². The van der Waals surface area contributed by atoms with E-state index in [9.17, 15) is 14.0 Å². The minimum atomic E-state index is -1.80. The lowest BCUT2D eigenvalue weighted by Gasteiger charge is -2.19. The zero-order valence-electron chi connectivity index (χ0n) is 13.3. The van der Waals surface area contributed by atoms with E-state index in [1.807, 2.05) is 30.3 Å². The molecule has 1 aromatic rings. The Morgan fingerprint density at radius 1 is 1.18 bits per heavy atom. The van der Waals surface area contributed by atoms with Crippen LogP contribution in [0.1, 0.15) is 39.2 Å². The average Bonchev–Trinajstić information content (AvgIpc) is 2.44. The predicted molar refractivity (Wildman–Crippen MR) is 81.1 cm³/mol. The van der Waals surface area contributed by atoms with Crippen molar-refractivity contribution >= 4 is 11.9 Å². The second-order valence-corrected chi connectivity index (χ2v) is 6.00. The Morgan fingerprint density at radius 3 is 2.41 bits per heavy atom. The van der Waals surface area contributed by atoms with E-state index < -0.39 is 23.7 Å². The van der Waals surface area contributed by atoms with E-state index in [1.165, 1.54) is 0 Å². The maximum absolute atomic E-state index is 13.6. The highest BCUT2D eigenvalue weighted by molar-refractivity contribution is 5.76. The molecule has 0 saturated heterocycles. The summed E-state index contributed by atoms with van der Waals surface area (Å²) in [5, 5.41) is 0. The molecule has 0 bridgehead atoms. The molecule has 0 aliphatic carbocycles. The van der Waals surface area contributed by atoms with Crippen molar-refractivity contribution in [2.24, 2.45) is 0 Å². The van der Waals surface area contributed by atoms with Gasteiger partial charge in [-0.3, -0.25) is 4.79 Å². The van der Waals surface area contributed by atoms with Crippen molar-refractivity contribution in [3.63, 3.8) is 0 Å². The molecule has 4 nitrogen and oxygen atoms in total. The number of carbonyl (C=O) groups excluding carboxylic acids is 2. The van der Waals surface area contributed by atoms with Gasteiger partial charge in [-0.2, -0.15) is 0 Å². The smallest absolute Gasteiger partial charge is 0.340 e. The molecule has 0 radical (unpaired) electrons. The fraction of sp³-hybridized carbons (Fsp3) is 0.529. The van der Waals surface area contributed by atoms with Gasteiger partial charge in [0, 0.05) is 12.8 Å². The second-order valence-electron chi connectivity index (χ2n) is 6.00. The summed E-state index contributed by atoms with van der Waals surface area (Å²) in [6, 6.07) is 9.47. The van der Waals surface area contributed by atoms with Crippen LogP contribution >= 0.6 is 0 Å². The van der Waals surface area contributed by atoms with Gasteiger partial charge in [0.1, 0.15) is 5.60 Å². The maximum atomic E-state index is 13.6. The van der Waals surface area contributed by atoms with Crippen LogP contribution in [-0.2, 0) is 25.5 Å². The first-order valence-corrected chi connectivity index (χ1v) is 7.34. The lowest BCUT2D eigenvalue weighted by Crippen LogP contribution is -2.26. The molecule has 0 heterocycles. The van der Waals surface area contributed by atoms with Crippen LogP contribution in [0.15, 0.2) is 30.3 Å². The Bertz CT molecular complexity index is 479. The fourth-order valence-electron chi connectivity index (χ4n) is 1.76. The van der Waals surface area contributed by atoms with Crippen molar-refractivity contribution < 1.29 is 23.5 Å². The zero-order chi connectivity index (χ0) is 16.6. The number of ether oxygens (including phenoxy) is 2. The van der Waals surface area contributed by atoms with Crippen LogP contribution in [0.2, 0.25) is 0 Å². The third kappa shape index (κ3) is 7.76. The summed E-state index contributed by atoms with van der Waals surface area (Å²) in [4.78, 5) is 22.9. The van der Waals surface area contributed by atoms with E-state index >= 15 is 0 Å². The number of benzene rings is 1. The molecular formula is C17H23FO4. The number of halogens is 1. The summed E-state index contributed by atoms with van der Waals surface area (Å²) in [6.45, 7) is 5.32. The Hall–Kier alpha value is -1.91. The molecule has 0 aliphatic rings. The molecule has 0 fully saturated rings. The fourth-order valence-corrected chi connectivity index (χ4v) is 1.76. The Labute approximate surface area is 130 Å². The summed E-state index contributed by atoms with van der Waals surface area (Å²) in [6.07, 6.45) is -1.64. The monoisotopic (exact) mass is 310 g/mol. The molecule has 0 unspecified atom stereocenters. The van der Waals surface area contributed by atoms with Crippen molar-refractivity contribution in [3.05, 3.63) is 35.9 Å². The lowest BCUT2D eigenvalue weighted by molar-refractivity contribution is -0.156. The Kier molecular flexibility index (Phi) is 7.02. The van der Waals surface area contributed by atoms with Crippen molar-refractivity contribution in [1.29, 1.82) is 0 Å². The molecule has 1 rings (SSSR count). The number of esters is 2. The predicted octanol–water partition coefficient (Wildman–Crippen LogP) is 3.23. The molecule has 0 amide bonds. The van der Waals surface area contributed by atoms with Crippen LogP contribution in [0, 0.1) is 0 Å². The van der Waals surface area contributed by atoms with Gasteiger partial charge in [0.05, 0.1) is 6.61 Å². The van der Waals surface area contributed by atoms with E-state index in [-0.39, 0.29) is 19.4 Å². The van der Waals surface area contributed by atoms with E-state index in [0.717, 1.165) is 5.56 Å². The topological polar surface area (TPSA) is 52.6 Å². The molecule has 122 valence electrons. The van der Waals surface area contributed by atoms with Crippen molar-refractivity contribution in [2.45, 2.75) is 51.8 Å². The quantitative estimate of drug-likeness (QED) is 0.726. The molecular weight excluding hydrogens is 287 g/mol. The highest BCUT2D eigenvalue weighted by atomic mass is 19.1. The van der Waals surface area contributed by atoms with E-state index in [1.54, 1.807) is 20.8 Å². The minimum absolute atomic E-state index is 0.121. The van der Waals surface area contributed by atoms with E-state index in [4.69, 9.17) is 9.47 Å². The lowest BCUT2D eigenvalue weighted by atomic mass is 10.1. The Morgan fingerprint density at radius 2 is 1.82 bits per heavy atom. The van der Waals surface area contributed by atoms with Gasteiger partial charge < -0.3 is 9.47 Å². The molecule has 1 aromatic carbocycles. The van der Waals surface area contributed by atoms with Crippen LogP contribution in [-0.4, -0.2) is 30.3 Å². The SMILES string of the molecule is CC(C)(C)OC(=O)CC[C@@H](F)C(=O)OCCc1ccccc1. The average molecular weight is 310 g/mol. The summed E-state index contributed by atoms with van der Waals surface area (Å²) in [5.74, 6) is -1.45. The summed E-state index contributed by atoms with van der Waals surface area (Å²) >= 11 is 0. The first-order valence-electron chi connectivity index (χ1n) is 7.34. The largest absolute Gasteiger partial charge is 0.463 e. The minimum Gasteiger partial charge on any atom is -0.463 e. The first-order chi connectivity index (χ1) is 10.3. The van der Waals surface area contributed by atoms with Crippen LogP contribution in [0.5, 0.6) is 0 Å². The van der Waals surface area contributed by atoms with Gasteiger partial charge in [0.25, 0.3) is 0 Å². The molecule has 5 heteroatoms.